The van der Waals surface area contributed by atoms with E-state index < -0.39 is 17.7 Å². The summed E-state index contributed by atoms with van der Waals surface area (Å²) in [6, 6.07) is 5.81. The third kappa shape index (κ3) is 6.75. The molecule has 0 bridgehead atoms. The second-order valence-electron chi connectivity index (χ2n) is 5.75. The lowest BCUT2D eigenvalue weighted by Crippen LogP contribution is -2.36. The number of amides is 2. The fourth-order valence-corrected chi connectivity index (χ4v) is 2.33. The normalized spacial score (nSPS) is 10.4. The van der Waals surface area contributed by atoms with Crippen molar-refractivity contribution in [2.24, 2.45) is 0 Å². The number of halogens is 3. The molecule has 150 valence electrons. The quantitative estimate of drug-likeness (QED) is 0.580. The smallest absolute Gasteiger partial charge is 0.412 e. The molecule has 0 aliphatic carbocycles. The lowest BCUT2D eigenvalue weighted by atomic mass is 10.2. The van der Waals surface area contributed by atoms with Crippen LogP contribution in [-0.4, -0.2) is 36.7 Å². The number of hydrogen-bond donors (Lipinski definition) is 3. The fraction of sp³-hybridized carbons (Fsp3) is 0.278. The monoisotopic (exact) mass is 412 g/mol. The van der Waals surface area contributed by atoms with E-state index in [0.717, 1.165) is 6.20 Å². The number of nitrogens with one attached hydrogen (secondary N) is 3. The predicted molar refractivity (Wildman–Crippen MR) is 100 cm³/mol. The third-order valence-electron chi connectivity index (χ3n) is 3.57. The molecule has 0 fully saturated rings. The van der Waals surface area contributed by atoms with E-state index in [4.69, 9.17) is 16.3 Å². The number of ether oxygens (including phenoxy) is 1. The van der Waals surface area contributed by atoms with Crippen molar-refractivity contribution in [1.82, 2.24) is 15.6 Å². The Morgan fingerprint density at radius 2 is 2.04 bits per heavy atom. The SMILES string of the molecule is Cc1cc(NC(=O)OCCNC(=O)CNCc2cccc(F)c2Cl)ncc1F. The number of rotatable bonds is 8. The van der Waals surface area contributed by atoms with Gasteiger partial charge in [-0.15, -0.1) is 0 Å². The molecular weight excluding hydrogens is 394 g/mol. The highest BCUT2D eigenvalue weighted by molar-refractivity contribution is 6.31. The van der Waals surface area contributed by atoms with Gasteiger partial charge in [0, 0.05) is 6.54 Å². The van der Waals surface area contributed by atoms with Gasteiger partial charge in [0.2, 0.25) is 5.91 Å². The number of benzene rings is 1. The molecule has 28 heavy (non-hydrogen) atoms. The molecule has 0 saturated heterocycles. The van der Waals surface area contributed by atoms with Gasteiger partial charge in [-0.2, -0.15) is 0 Å². The van der Waals surface area contributed by atoms with E-state index in [9.17, 15) is 18.4 Å². The van der Waals surface area contributed by atoms with Crippen LogP contribution in [0.25, 0.3) is 0 Å². The highest BCUT2D eigenvalue weighted by atomic mass is 35.5. The van der Waals surface area contributed by atoms with Crippen LogP contribution in [-0.2, 0) is 16.1 Å². The standard InChI is InChI=1S/C18H19ClF2N4O3/c1-11-7-15(24-9-14(11)21)25-18(27)28-6-5-23-16(26)10-22-8-12-3-2-4-13(20)17(12)19/h2-4,7,9,22H,5-6,8,10H2,1H3,(H,23,26)(H,24,25,27). The molecular formula is C18H19ClF2N4O3. The van der Waals surface area contributed by atoms with Crippen molar-refractivity contribution < 1.29 is 23.1 Å². The molecule has 3 N–H and O–H groups in total. The molecule has 0 aliphatic rings. The number of aryl methyl sites for hydroxylation is 1. The maximum Gasteiger partial charge on any atom is 0.412 e. The predicted octanol–water partition coefficient (Wildman–Crippen LogP) is 2.78. The van der Waals surface area contributed by atoms with E-state index >= 15 is 0 Å². The van der Waals surface area contributed by atoms with Crippen molar-refractivity contribution in [3.63, 3.8) is 0 Å². The van der Waals surface area contributed by atoms with Gasteiger partial charge in [0.05, 0.1) is 24.3 Å². The Bertz CT molecular complexity index is 852. The van der Waals surface area contributed by atoms with Crippen LogP contribution in [0.15, 0.2) is 30.5 Å². The molecule has 0 atom stereocenters. The van der Waals surface area contributed by atoms with Crippen LogP contribution in [0.4, 0.5) is 19.4 Å². The van der Waals surface area contributed by atoms with Crippen LogP contribution in [0.2, 0.25) is 5.02 Å². The van der Waals surface area contributed by atoms with E-state index in [2.05, 4.69) is 20.9 Å². The molecule has 0 spiro atoms. The number of carbonyl (C=O) groups is 2. The van der Waals surface area contributed by atoms with E-state index in [1.165, 1.54) is 18.2 Å². The molecule has 0 unspecified atom stereocenters. The highest BCUT2D eigenvalue weighted by Gasteiger charge is 2.08. The van der Waals surface area contributed by atoms with E-state index in [1.807, 2.05) is 0 Å². The maximum atomic E-state index is 13.3. The number of nitrogens with zero attached hydrogens (tertiary/aromatic N) is 1. The van der Waals surface area contributed by atoms with Crippen molar-refractivity contribution in [2.45, 2.75) is 13.5 Å². The zero-order valence-corrected chi connectivity index (χ0v) is 15.8. The zero-order chi connectivity index (χ0) is 20.5. The number of anilines is 1. The van der Waals surface area contributed by atoms with Crippen molar-refractivity contribution in [1.29, 1.82) is 0 Å². The largest absolute Gasteiger partial charge is 0.447 e. The van der Waals surface area contributed by atoms with Gasteiger partial charge in [-0.3, -0.25) is 10.1 Å². The van der Waals surface area contributed by atoms with Gasteiger partial charge < -0.3 is 15.4 Å². The Balaban J connectivity index is 1.60. The van der Waals surface area contributed by atoms with Gasteiger partial charge >= 0.3 is 6.09 Å². The van der Waals surface area contributed by atoms with Crippen molar-refractivity contribution in [2.75, 3.05) is 25.0 Å². The first-order chi connectivity index (χ1) is 13.4. The minimum Gasteiger partial charge on any atom is -0.447 e. The Kier molecular flexibility index (Phi) is 8.09. The van der Waals surface area contributed by atoms with Crippen molar-refractivity contribution >= 4 is 29.4 Å². The molecule has 1 aromatic carbocycles. The Hall–Kier alpha value is -2.78. The van der Waals surface area contributed by atoms with E-state index in [0.29, 0.717) is 11.1 Å². The molecule has 2 amide bonds. The molecule has 7 nitrogen and oxygen atoms in total. The van der Waals surface area contributed by atoms with Crippen molar-refractivity contribution in [3.05, 3.63) is 58.2 Å². The summed E-state index contributed by atoms with van der Waals surface area (Å²) >= 11 is 5.82. The van der Waals surface area contributed by atoms with Gasteiger partial charge in [0.1, 0.15) is 24.1 Å². The molecule has 0 saturated carbocycles. The van der Waals surface area contributed by atoms with Crippen LogP contribution >= 0.6 is 11.6 Å². The summed E-state index contributed by atoms with van der Waals surface area (Å²) < 4.78 is 31.3. The van der Waals surface area contributed by atoms with Gasteiger partial charge in [0.25, 0.3) is 0 Å². The molecule has 2 aromatic rings. The summed E-state index contributed by atoms with van der Waals surface area (Å²) in [5.41, 5.74) is 0.878. The minimum absolute atomic E-state index is 0.0145. The zero-order valence-electron chi connectivity index (χ0n) is 15.0. The first-order valence-electron chi connectivity index (χ1n) is 8.33. The average molecular weight is 413 g/mol. The van der Waals surface area contributed by atoms with Crippen molar-refractivity contribution in [3.8, 4) is 0 Å². The average Bonchev–Trinajstić information content (AvgIpc) is 2.65. The molecule has 10 heteroatoms. The number of carbonyl (C=O) groups excluding carboxylic acids is 2. The summed E-state index contributed by atoms with van der Waals surface area (Å²) in [6.07, 6.45) is 0.224. The minimum atomic E-state index is -0.772. The van der Waals surface area contributed by atoms with Crippen LogP contribution in [0.3, 0.4) is 0 Å². The fourth-order valence-electron chi connectivity index (χ4n) is 2.14. The molecule has 1 heterocycles. The highest BCUT2D eigenvalue weighted by Crippen LogP contribution is 2.19. The summed E-state index contributed by atoms with van der Waals surface area (Å²) in [6.45, 7) is 1.79. The third-order valence-corrected chi connectivity index (χ3v) is 3.99. The molecule has 1 aromatic heterocycles. The van der Waals surface area contributed by atoms with Crippen LogP contribution in [0, 0.1) is 18.6 Å². The molecule has 0 aliphatic heterocycles. The Morgan fingerprint density at radius 3 is 2.79 bits per heavy atom. The van der Waals surface area contributed by atoms with Crippen LogP contribution < -0.4 is 16.0 Å². The topological polar surface area (TPSA) is 92.4 Å². The number of hydrogen-bond acceptors (Lipinski definition) is 5. The second kappa shape index (κ2) is 10.5. The Labute approximate surface area is 165 Å². The van der Waals surface area contributed by atoms with E-state index in [1.54, 1.807) is 13.0 Å². The van der Waals surface area contributed by atoms with Gasteiger partial charge in [-0.05, 0) is 30.2 Å². The van der Waals surface area contributed by atoms with Gasteiger partial charge in [-0.25, -0.2) is 18.6 Å². The summed E-state index contributed by atoms with van der Waals surface area (Å²) in [5.74, 6) is -1.16. The maximum absolute atomic E-state index is 13.3. The summed E-state index contributed by atoms with van der Waals surface area (Å²) in [7, 11) is 0. The second-order valence-corrected chi connectivity index (χ2v) is 6.12. The first kappa shape index (κ1) is 21.5. The van der Waals surface area contributed by atoms with Gasteiger partial charge in [-0.1, -0.05) is 23.7 Å². The molecule has 2 rings (SSSR count). The number of aromatic nitrogens is 1. The lowest BCUT2D eigenvalue weighted by molar-refractivity contribution is -0.120. The molecule has 0 radical (unpaired) electrons. The Morgan fingerprint density at radius 1 is 1.25 bits per heavy atom. The van der Waals surface area contributed by atoms with Gasteiger partial charge in [0.15, 0.2) is 0 Å². The summed E-state index contributed by atoms with van der Waals surface area (Å²) in [5, 5.41) is 7.76. The van der Waals surface area contributed by atoms with Crippen LogP contribution in [0.1, 0.15) is 11.1 Å². The van der Waals surface area contributed by atoms with E-state index in [-0.39, 0.29) is 43.0 Å². The first-order valence-corrected chi connectivity index (χ1v) is 8.71. The lowest BCUT2D eigenvalue weighted by Gasteiger charge is -2.09. The summed E-state index contributed by atoms with van der Waals surface area (Å²) in [4.78, 5) is 27.0. The van der Waals surface area contributed by atoms with Crippen LogP contribution in [0.5, 0.6) is 0 Å². The number of pyridine rings is 1.